The molecule has 0 aromatic rings. The molecule has 0 saturated carbocycles. The maximum absolute atomic E-state index is 12.3. The molecule has 0 aromatic heterocycles. The van der Waals surface area contributed by atoms with Crippen LogP contribution in [0.4, 0.5) is 4.79 Å². The van der Waals surface area contributed by atoms with E-state index in [0.717, 1.165) is 57.4 Å². The van der Waals surface area contributed by atoms with Crippen molar-refractivity contribution in [2.75, 3.05) is 19.6 Å². The fourth-order valence-corrected chi connectivity index (χ4v) is 3.09. The Hall–Kier alpha value is -1.29. The molecule has 18 heavy (non-hydrogen) atoms. The normalized spacial score (nSPS) is 25.8. The van der Waals surface area contributed by atoms with Crippen LogP contribution >= 0.6 is 0 Å². The van der Waals surface area contributed by atoms with Gasteiger partial charge in [-0.05, 0) is 50.8 Å². The maximum Gasteiger partial charge on any atom is 0.322 e. The minimum Gasteiger partial charge on any atom is -0.321 e. The lowest BCUT2D eigenvalue weighted by molar-refractivity contribution is 0.165. The van der Waals surface area contributed by atoms with Crippen molar-refractivity contribution in [1.29, 1.82) is 0 Å². The molecule has 0 atom stereocenters. The molecule has 2 aliphatic heterocycles. The monoisotopic (exact) mass is 247 g/mol. The number of carbonyl (C=O) groups excluding carboxylic acids is 1. The Morgan fingerprint density at radius 1 is 1.17 bits per heavy atom. The Morgan fingerprint density at radius 2 is 1.94 bits per heavy atom. The lowest BCUT2D eigenvalue weighted by Crippen LogP contribution is -2.48. The lowest BCUT2D eigenvalue weighted by atomic mass is 10.0. The largest absolute Gasteiger partial charge is 0.322 e. The number of rotatable bonds is 1. The summed E-state index contributed by atoms with van der Waals surface area (Å²) in [5.41, 5.74) is 2.38. The highest BCUT2D eigenvalue weighted by molar-refractivity contribution is 5.78. The summed E-state index contributed by atoms with van der Waals surface area (Å²) in [5.74, 6) is 0. The van der Waals surface area contributed by atoms with Crippen molar-refractivity contribution in [1.82, 2.24) is 15.5 Å². The summed E-state index contributed by atoms with van der Waals surface area (Å²) in [7, 11) is 0. The van der Waals surface area contributed by atoms with E-state index in [1.54, 1.807) is 0 Å². The summed E-state index contributed by atoms with van der Waals surface area (Å²) in [6, 6.07) is 0.506. The van der Waals surface area contributed by atoms with Gasteiger partial charge in [0.15, 0.2) is 0 Å². The zero-order chi connectivity index (χ0) is 12.4. The minimum absolute atomic E-state index is 0.0958. The molecule has 4 nitrogen and oxygen atoms in total. The second-order valence-corrected chi connectivity index (χ2v) is 5.28. The first-order valence-corrected chi connectivity index (χ1v) is 7.02. The predicted molar refractivity (Wildman–Crippen MR) is 71.1 cm³/mol. The Kier molecular flexibility index (Phi) is 3.37. The van der Waals surface area contributed by atoms with Gasteiger partial charge in [0.1, 0.15) is 0 Å². The van der Waals surface area contributed by atoms with Crippen molar-refractivity contribution >= 4 is 6.03 Å². The number of urea groups is 1. The van der Waals surface area contributed by atoms with Crippen LogP contribution in [-0.4, -0.2) is 36.6 Å². The van der Waals surface area contributed by atoms with Crippen molar-refractivity contribution in [2.24, 2.45) is 0 Å². The molecular weight excluding hydrogens is 226 g/mol. The number of hydrogen-bond acceptors (Lipinski definition) is 2. The van der Waals surface area contributed by atoms with E-state index in [0.29, 0.717) is 6.04 Å². The molecule has 2 N–H and O–H groups in total. The quantitative estimate of drug-likeness (QED) is 0.741. The van der Waals surface area contributed by atoms with Gasteiger partial charge in [-0.1, -0.05) is 12.2 Å². The van der Waals surface area contributed by atoms with Gasteiger partial charge in [-0.2, -0.15) is 0 Å². The first-order chi connectivity index (χ1) is 8.84. The van der Waals surface area contributed by atoms with E-state index in [4.69, 9.17) is 0 Å². The smallest absolute Gasteiger partial charge is 0.321 e. The van der Waals surface area contributed by atoms with Gasteiger partial charge in [-0.3, -0.25) is 0 Å². The van der Waals surface area contributed by atoms with Crippen LogP contribution < -0.4 is 10.6 Å². The summed E-state index contributed by atoms with van der Waals surface area (Å²) in [6.45, 7) is 2.92. The molecule has 2 fully saturated rings. The SMILES string of the molecule is O=C1NC2=CCCC=C2CCN1C1CCNCC1. The van der Waals surface area contributed by atoms with E-state index in [-0.39, 0.29) is 6.03 Å². The molecule has 0 spiro atoms. The third-order valence-corrected chi connectivity index (χ3v) is 4.13. The number of fused-ring (bicyclic) bond motifs is 1. The third-order valence-electron chi connectivity index (χ3n) is 4.13. The van der Waals surface area contributed by atoms with Gasteiger partial charge in [-0.25, -0.2) is 4.79 Å². The number of nitrogens with one attached hydrogen (secondary N) is 2. The Labute approximate surface area is 108 Å². The Bertz CT molecular complexity index is 394. The number of carbonyl (C=O) groups is 1. The summed E-state index contributed by atoms with van der Waals surface area (Å²) in [5, 5.41) is 6.44. The van der Waals surface area contributed by atoms with Crippen LogP contribution in [0.5, 0.6) is 0 Å². The highest BCUT2D eigenvalue weighted by Gasteiger charge is 2.29. The van der Waals surface area contributed by atoms with Crippen LogP contribution in [0.15, 0.2) is 23.4 Å². The number of hydrogen-bond donors (Lipinski definition) is 2. The summed E-state index contributed by atoms with van der Waals surface area (Å²) in [6.07, 6.45) is 9.75. The van der Waals surface area contributed by atoms with Crippen LogP contribution in [0, 0.1) is 0 Å². The molecule has 3 aliphatic rings. The zero-order valence-electron chi connectivity index (χ0n) is 10.7. The van der Waals surface area contributed by atoms with Gasteiger partial charge in [0.05, 0.1) is 0 Å². The van der Waals surface area contributed by atoms with Gasteiger partial charge in [0.2, 0.25) is 0 Å². The van der Waals surface area contributed by atoms with Crippen molar-refractivity contribution in [2.45, 2.75) is 38.1 Å². The van der Waals surface area contributed by atoms with E-state index in [1.807, 2.05) is 4.90 Å². The van der Waals surface area contributed by atoms with Crippen molar-refractivity contribution in [3.63, 3.8) is 0 Å². The molecule has 2 heterocycles. The molecule has 3 rings (SSSR count). The van der Waals surface area contributed by atoms with Crippen molar-refractivity contribution in [3.05, 3.63) is 23.4 Å². The first-order valence-electron chi connectivity index (χ1n) is 7.02. The average Bonchev–Trinajstić information content (AvgIpc) is 2.58. The number of nitrogens with zero attached hydrogens (tertiary/aromatic N) is 1. The number of amides is 2. The van der Waals surface area contributed by atoms with Crippen LogP contribution in [0.2, 0.25) is 0 Å². The van der Waals surface area contributed by atoms with E-state index < -0.39 is 0 Å². The van der Waals surface area contributed by atoms with Gasteiger partial charge in [0, 0.05) is 18.3 Å². The second kappa shape index (κ2) is 5.14. The van der Waals surface area contributed by atoms with Crippen LogP contribution in [0.1, 0.15) is 32.1 Å². The Balaban J connectivity index is 1.74. The van der Waals surface area contributed by atoms with Gasteiger partial charge < -0.3 is 15.5 Å². The summed E-state index contributed by atoms with van der Waals surface area (Å²) in [4.78, 5) is 14.3. The van der Waals surface area contributed by atoms with Gasteiger partial charge >= 0.3 is 6.03 Å². The zero-order valence-corrected chi connectivity index (χ0v) is 10.7. The van der Waals surface area contributed by atoms with Gasteiger partial charge in [-0.15, -0.1) is 0 Å². The molecule has 0 radical (unpaired) electrons. The first kappa shape index (κ1) is 11.8. The Morgan fingerprint density at radius 3 is 2.78 bits per heavy atom. The molecule has 98 valence electrons. The van der Waals surface area contributed by atoms with E-state index >= 15 is 0 Å². The standard InChI is InChI=1S/C14H21N3O/c18-14-16-13-4-2-1-3-11(13)7-10-17(14)12-5-8-15-9-6-12/h3-4,12,15H,1-2,5-10H2,(H,16,18). The molecular formula is C14H21N3O. The molecule has 0 unspecified atom stereocenters. The summed E-state index contributed by atoms with van der Waals surface area (Å²) < 4.78 is 0. The number of allylic oxidation sites excluding steroid dienone is 3. The predicted octanol–water partition coefficient (Wildman–Crippen LogP) is 1.76. The van der Waals surface area contributed by atoms with Crippen molar-refractivity contribution < 1.29 is 4.79 Å². The third kappa shape index (κ3) is 2.29. The molecule has 2 amide bonds. The number of piperidine rings is 1. The maximum atomic E-state index is 12.3. The second-order valence-electron chi connectivity index (χ2n) is 5.28. The van der Waals surface area contributed by atoms with Crippen LogP contribution in [0.25, 0.3) is 0 Å². The molecule has 1 aliphatic carbocycles. The van der Waals surface area contributed by atoms with Crippen LogP contribution in [0.3, 0.4) is 0 Å². The molecule has 4 heteroatoms. The highest BCUT2D eigenvalue weighted by Crippen LogP contribution is 2.25. The lowest BCUT2D eigenvalue weighted by Gasteiger charge is -2.33. The molecule has 0 bridgehead atoms. The fourth-order valence-electron chi connectivity index (χ4n) is 3.09. The molecule has 0 aromatic carbocycles. The average molecular weight is 247 g/mol. The van der Waals surface area contributed by atoms with Gasteiger partial charge in [0.25, 0.3) is 0 Å². The highest BCUT2D eigenvalue weighted by atomic mass is 16.2. The summed E-state index contributed by atoms with van der Waals surface area (Å²) >= 11 is 0. The topological polar surface area (TPSA) is 44.4 Å². The van der Waals surface area contributed by atoms with E-state index in [9.17, 15) is 4.79 Å². The fraction of sp³-hybridized carbons (Fsp3) is 0.643. The van der Waals surface area contributed by atoms with Crippen molar-refractivity contribution in [3.8, 4) is 0 Å². The van der Waals surface area contributed by atoms with E-state index in [2.05, 4.69) is 22.8 Å². The molecule has 2 saturated heterocycles. The van der Waals surface area contributed by atoms with E-state index in [1.165, 1.54) is 5.57 Å². The minimum atomic E-state index is 0.0958. The van der Waals surface area contributed by atoms with Crippen LogP contribution in [-0.2, 0) is 0 Å².